The fourth-order valence-corrected chi connectivity index (χ4v) is 3.48. The molecule has 3 nitrogen and oxygen atoms in total. The smallest absolute Gasteiger partial charge is 0.341 e. The minimum atomic E-state index is -0.470. The second kappa shape index (κ2) is 4.71. The molecular weight excluding hydrogens is 228 g/mol. The Hall–Kier alpha value is -1.38. The van der Waals surface area contributed by atoms with Crippen LogP contribution in [0.3, 0.4) is 0 Å². The maximum Gasteiger partial charge on any atom is 0.341 e. The summed E-state index contributed by atoms with van der Waals surface area (Å²) in [4.78, 5) is 24.0. The highest BCUT2D eigenvalue weighted by Crippen LogP contribution is 2.55. The minimum absolute atomic E-state index is 0.0617. The fraction of sp³-hybridized carbons (Fsp3) is 0.600. The van der Waals surface area contributed by atoms with E-state index in [2.05, 4.69) is 13.5 Å². The Bertz CT molecular complexity index is 445. The van der Waals surface area contributed by atoms with E-state index in [-0.39, 0.29) is 11.2 Å². The number of methoxy groups -OCH3 is 1. The van der Waals surface area contributed by atoms with Crippen LogP contribution >= 0.6 is 0 Å². The molecule has 0 N–H and O–H groups in total. The van der Waals surface area contributed by atoms with Crippen LogP contribution in [-0.2, 0) is 14.3 Å². The summed E-state index contributed by atoms with van der Waals surface area (Å²) < 4.78 is 4.76. The zero-order chi connectivity index (χ0) is 13.3. The van der Waals surface area contributed by atoms with E-state index in [1.165, 1.54) is 7.11 Å². The molecule has 2 rings (SSSR count). The van der Waals surface area contributed by atoms with E-state index in [1.807, 2.05) is 0 Å². The van der Waals surface area contributed by atoms with E-state index in [0.29, 0.717) is 12.0 Å². The van der Waals surface area contributed by atoms with Crippen molar-refractivity contribution in [1.29, 1.82) is 0 Å². The van der Waals surface area contributed by atoms with Gasteiger partial charge in [-0.15, -0.1) is 0 Å². The van der Waals surface area contributed by atoms with E-state index in [1.54, 1.807) is 0 Å². The van der Waals surface area contributed by atoms with E-state index in [4.69, 9.17) is 4.74 Å². The molecule has 0 aromatic heterocycles. The molecular formula is C15H20O3. The van der Waals surface area contributed by atoms with Gasteiger partial charge in [0.05, 0.1) is 7.11 Å². The normalized spacial score (nSPS) is 27.4. The van der Waals surface area contributed by atoms with Gasteiger partial charge in [0.1, 0.15) is 5.57 Å². The van der Waals surface area contributed by atoms with Crippen LogP contribution in [0.25, 0.3) is 0 Å². The van der Waals surface area contributed by atoms with Gasteiger partial charge in [-0.25, -0.2) is 4.79 Å². The second-order valence-corrected chi connectivity index (χ2v) is 5.23. The first-order chi connectivity index (χ1) is 8.56. The van der Waals surface area contributed by atoms with Gasteiger partial charge >= 0.3 is 5.97 Å². The Labute approximate surface area is 108 Å². The molecule has 0 radical (unpaired) electrons. The number of carbonyl (C=O) groups is 2. The third kappa shape index (κ3) is 1.73. The topological polar surface area (TPSA) is 43.4 Å². The van der Waals surface area contributed by atoms with Crippen molar-refractivity contribution in [3.8, 4) is 0 Å². The van der Waals surface area contributed by atoms with Gasteiger partial charge in [-0.2, -0.15) is 0 Å². The largest absolute Gasteiger partial charge is 0.465 e. The maximum absolute atomic E-state index is 12.2. The monoisotopic (exact) mass is 248 g/mol. The molecule has 1 saturated carbocycles. The molecule has 0 aliphatic heterocycles. The molecule has 3 heteroatoms. The molecule has 0 bridgehead atoms. The number of carbonyl (C=O) groups excluding carboxylic acids is 2. The Morgan fingerprint density at radius 3 is 2.78 bits per heavy atom. The molecule has 0 unspecified atom stereocenters. The van der Waals surface area contributed by atoms with Gasteiger partial charge in [-0.05, 0) is 31.3 Å². The van der Waals surface area contributed by atoms with Crippen molar-refractivity contribution >= 4 is 11.8 Å². The first-order valence-electron chi connectivity index (χ1n) is 6.60. The van der Waals surface area contributed by atoms with Crippen molar-refractivity contribution in [2.45, 2.75) is 45.4 Å². The second-order valence-electron chi connectivity index (χ2n) is 5.23. The summed E-state index contributed by atoms with van der Waals surface area (Å²) in [6, 6.07) is 0. The number of esters is 1. The number of hydrogen-bond acceptors (Lipinski definition) is 3. The first-order valence-corrected chi connectivity index (χ1v) is 6.60. The number of ether oxygens (including phenoxy) is 1. The van der Waals surface area contributed by atoms with Crippen LogP contribution in [0.2, 0.25) is 0 Å². The average Bonchev–Trinajstić information content (AvgIpc) is 2.63. The van der Waals surface area contributed by atoms with Crippen LogP contribution in [0.15, 0.2) is 23.3 Å². The summed E-state index contributed by atoms with van der Waals surface area (Å²) in [6.45, 7) is 6.27. The van der Waals surface area contributed by atoms with Crippen molar-refractivity contribution in [3.05, 3.63) is 23.3 Å². The van der Waals surface area contributed by atoms with Gasteiger partial charge in [0.2, 0.25) is 0 Å². The Balaban J connectivity index is 2.53. The zero-order valence-corrected chi connectivity index (χ0v) is 11.2. The third-order valence-electron chi connectivity index (χ3n) is 4.27. The van der Waals surface area contributed by atoms with Gasteiger partial charge in [0, 0.05) is 11.8 Å². The van der Waals surface area contributed by atoms with Gasteiger partial charge in [-0.3, -0.25) is 4.79 Å². The lowest BCUT2D eigenvalue weighted by molar-refractivity contribution is -0.137. The third-order valence-corrected chi connectivity index (χ3v) is 4.27. The molecule has 2 aliphatic carbocycles. The van der Waals surface area contributed by atoms with Gasteiger partial charge in [0.25, 0.3) is 0 Å². The highest BCUT2D eigenvalue weighted by molar-refractivity contribution is 6.20. The summed E-state index contributed by atoms with van der Waals surface area (Å²) in [5.74, 6) is -0.531. The van der Waals surface area contributed by atoms with Crippen molar-refractivity contribution in [2.24, 2.45) is 5.41 Å². The molecule has 0 aromatic rings. The van der Waals surface area contributed by atoms with Crippen molar-refractivity contribution in [1.82, 2.24) is 0 Å². The lowest BCUT2D eigenvalue weighted by atomic mass is 9.65. The minimum Gasteiger partial charge on any atom is -0.465 e. The predicted octanol–water partition coefficient (Wildman–Crippen LogP) is 2.96. The van der Waals surface area contributed by atoms with Crippen LogP contribution in [0.4, 0.5) is 0 Å². The molecule has 98 valence electrons. The van der Waals surface area contributed by atoms with Gasteiger partial charge in [-0.1, -0.05) is 25.5 Å². The summed E-state index contributed by atoms with van der Waals surface area (Å²) in [5.41, 5.74) is 2.19. The van der Waals surface area contributed by atoms with Crippen molar-refractivity contribution in [3.63, 3.8) is 0 Å². The number of hydrogen-bond donors (Lipinski definition) is 0. The van der Waals surface area contributed by atoms with E-state index in [0.717, 1.165) is 43.3 Å². The molecule has 2 aliphatic rings. The molecule has 1 fully saturated rings. The van der Waals surface area contributed by atoms with Crippen LogP contribution in [0.1, 0.15) is 45.4 Å². The summed E-state index contributed by atoms with van der Waals surface area (Å²) in [5, 5.41) is 0. The lowest BCUT2D eigenvalue weighted by Gasteiger charge is -2.38. The molecule has 0 heterocycles. The highest BCUT2D eigenvalue weighted by atomic mass is 16.5. The SMILES string of the molecule is C=C1CCCC2=C(C(=O)OC)C(=O)C[C@]12CCC. The van der Waals surface area contributed by atoms with Crippen LogP contribution < -0.4 is 0 Å². The molecule has 0 spiro atoms. The Morgan fingerprint density at radius 2 is 2.17 bits per heavy atom. The molecule has 18 heavy (non-hydrogen) atoms. The molecule has 0 aromatic carbocycles. The number of fused-ring (bicyclic) bond motifs is 1. The molecule has 0 amide bonds. The summed E-state index contributed by atoms with van der Waals surface area (Å²) >= 11 is 0. The van der Waals surface area contributed by atoms with E-state index in [9.17, 15) is 9.59 Å². The predicted molar refractivity (Wildman–Crippen MR) is 69.0 cm³/mol. The molecule has 1 atom stereocenters. The molecule has 0 saturated heterocycles. The van der Waals surface area contributed by atoms with Gasteiger partial charge < -0.3 is 4.74 Å². The lowest BCUT2D eigenvalue weighted by Crippen LogP contribution is -2.27. The van der Waals surface area contributed by atoms with Crippen LogP contribution in [-0.4, -0.2) is 18.9 Å². The summed E-state index contributed by atoms with van der Waals surface area (Å²) in [6.07, 6.45) is 5.09. The van der Waals surface area contributed by atoms with E-state index < -0.39 is 5.97 Å². The van der Waals surface area contributed by atoms with Crippen LogP contribution in [0.5, 0.6) is 0 Å². The fourth-order valence-electron chi connectivity index (χ4n) is 3.48. The Kier molecular flexibility index (Phi) is 3.42. The van der Waals surface area contributed by atoms with E-state index >= 15 is 0 Å². The maximum atomic E-state index is 12.2. The first kappa shape index (κ1) is 13.1. The highest BCUT2D eigenvalue weighted by Gasteiger charge is 2.49. The van der Waals surface area contributed by atoms with Gasteiger partial charge in [0.15, 0.2) is 5.78 Å². The number of ketones is 1. The van der Waals surface area contributed by atoms with Crippen molar-refractivity contribution < 1.29 is 14.3 Å². The quantitative estimate of drug-likeness (QED) is 0.438. The summed E-state index contributed by atoms with van der Waals surface area (Å²) in [7, 11) is 1.33. The number of rotatable bonds is 3. The average molecular weight is 248 g/mol. The van der Waals surface area contributed by atoms with Crippen molar-refractivity contribution in [2.75, 3.05) is 7.11 Å². The zero-order valence-electron chi connectivity index (χ0n) is 11.2. The number of Topliss-reactive ketones (excluding diaryl/α,β-unsaturated/α-hetero) is 1. The van der Waals surface area contributed by atoms with Crippen LogP contribution in [0, 0.1) is 5.41 Å². The number of allylic oxidation sites excluding steroid dienone is 2. The standard InChI is InChI=1S/C15H20O3/c1-4-8-15-9-12(16)13(14(17)18-3)11(15)7-5-6-10(15)2/h2,4-9H2,1,3H3/t15-/m1/s1. The Morgan fingerprint density at radius 1 is 1.44 bits per heavy atom.